The van der Waals surface area contributed by atoms with E-state index in [1.807, 2.05) is 24.4 Å². The van der Waals surface area contributed by atoms with E-state index >= 15 is 0 Å². The molecule has 1 aromatic heterocycles. The summed E-state index contributed by atoms with van der Waals surface area (Å²) in [7, 11) is 3.10. The molecule has 1 amide bonds. The minimum absolute atomic E-state index is 0.00520. The predicted octanol–water partition coefficient (Wildman–Crippen LogP) is 1.84. The van der Waals surface area contributed by atoms with Gasteiger partial charge in [-0.05, 0) is 18.1 Å². The molecule has 0 saturated heterocycles. The van der Waals surface area contributed by atoms with E-state index in [1.54, 1.807) is 14.2 Å². The number of ether oxygens (including phenoxy) is 2. The van der Waals surface area contributed by atoms with Crippen LogP contribution in [0.15, 0.2) is 30.5 Å². The van der Waals surface area contributed by atoms with Gasteiger partial charge < -0.3 is 19.8 Å². The second-order valence-corrected chi connectivity index (χ2v) is 4.56. The van der Waals surface area contributed by atoms with Gasteiger partial charge in [-0.15, -0.1) is 0 Å². The van der Waals surface area contributed by atoms with Crippen molar-refractivity contribution in [2.75, 3.05) is 20.8 Å². The molecule has 5 nitrogen and oxygen atoms in total. The first-order valence-corrected chi connectivity index (χ1v) is 6.62. The van der Waals surface area contributed by atoms with Gasteiger partial charge in [0.25, 0.3) is 0 Å². The first-order valence-electron chi connectivity index (χ1n) is 6.62. The Morgan fingerprint density at radius 2 is 2.05 bits per heavy atom. The van der Waals surface area contributed by atoms with Crippen LogP contribution in [0.25, 0.3) is 10.9 Å². The van der Waals surface area contributed by atoms with Crippen molar-refractivity contribution in [2.24, 2.45) is 0 Å². The molecule has 1 heterocycles. The maximum atomic E-state index is 11.8. The van der Waals surface area contributed by atoms with E-state index in [2.05, 4.69) is 16.4 Å². The summed E-state index contributed by atoms with van der Waals surface area (Å²) in [4.78, 5) is 15.0. The standard InChI is InChI=1S/C15H20N2O3/c1-19-15(20-2)10-17-14(18)8-7-11-9-16-13-6-4-3-5-12(11)13/h3-6,9,15-16H,7-8,10H2,1-2H3,(H,17,18). The summed E-state index contributed by atoms with van der Waals surface area (Å²) in [6, 6.07) is 8.08. The third-order valence-corrected chi connectivity index (χ3v) is 3.29. The molecule has 2 N–H and O–H groups in total. The van der Waals surface area contributed by atoms with E-state index < -0.39 is 6.29 Å². The Morgan fingerprint density at radius 1 is 1.30 bits per heavy atom. The van der Waals surface area contributed by atoms with E-state index in [1.165, 1.54) is 5.39 Å². The van der Waals surface area contributed by atoms with Gasteiger partial charge in [0.05, 0.1) is 6.54 Å². The Kier molecular flexibility index (Phi) is 5.15. The van der Waals surface area contributed by atoms with Crippen molar-refractivity contribution in [1.29, 1.82) is 0 Å². The second-order valence-electron chi connectivity index (χ2n) is 4.56. The Labute approximate surface area is 118 Å². The SMILES string of the molecule is COC(CNC(=O)CCc1c[nH]c2ccccc12)OC. The first kappa shape index (κ1) is 14.6. The fraction of sp³-hybridized carbons (Fsp3) is 0.400. The zero-order valence-electron chi connectivity index (χ0n) is 11.8. The third kappa shape index (κ3) is 3.59. The average molecular weight is 276 g/mol. The molecule has 0 unspecified atom stereocenters. The van der Waals surface area contributed by atoms with E-state index in [0.717, 1.165) is 11.1 Å². The van der Waals surface area contributed by atoms with Gasteiger partial charge in [0.2, 0.25) is 5.91 Å². The van der Waals surface area contributed by atoms with Crippen LogP contribution >= 0.6 is 0 Å². The number of carbonyl (C=O) groups is 1. The summed E-state index contributed by atoms with van der Waals surface area (Å²) in [6.45, 7) is 0.361. The molecule has 2 aromatic rings. The number of hydrogen-bond donors (Lipinski definition) is 2. The lowest BCUT2D eigenvalue weighted by molar-refractivity contribution is -0.127. The normalized spacial score (nSPS) is 11.2. The number of fused-ring (bicyclic) bond motifs is 1. The van der Waals surface area contributed by atoms with Crippen LogP contribution in [-0.4, -0.2) is 37.9 Å². The molecule has 0 fully saturated rings. The Balaban J connectivity index is 1.84. The van der Waals surface area contributed by atoms with Crippen molar-refractivity contribution in [3.63, 3.8) is 0 Å². The van der Waals surface area contributed by atoms with Gasteiger partial charge in [0, 0.05) is 37.7 Å². The highest BCUT2D eigenvalue weighted by atomic mass is 16.7. The summed E-state index contributed by atoms with van der Waals surface area (Å²) in [6.07, 6.45) is 2.72. The number of H-pyrrole nitrogens is 1. The molecule has 20 heavy (non-hydrogen) atoms. The van der Waals surface area contributed by atoms with Crippen molar-refractivity contribution >= 4 is 16.8 Å². The van der Waals surface area contributed by atoms with Crippen molar-refractivity contribution in [1.82, 2.24) is 10.3 Å². The number of benzene rings is 1. The van der Waals surface area contributed by atoms with Gasteiger partial charge in [-0.1, -0.05) is 18.2 Å². The number of rotatable bonds is 7. The largest absolute Gasteiger partial charge is 0.361 e. The Hall–Kier alpha value is -1.85. The van der Waals surface area contributed by atoms with Gasteiger partial charge in [-0.2, -0.15) is 0 Å². The van der Waals surface area contributed by atoms with Gasteiger partial charge in [0.15, 0.2) is 6.29 Å². The fourth-order valence-corrected chi connectivity index (χ4v) is 2.14. The number of aromatic amines is 1. The number of amides is 1. The molecule has 0 aliphatic carbocycles. The quantitative estimate of drug-likeness (QED) is 0.758. The van der Waals surface area contributed by atoms with Crippen molar-refractivity contribution in [2.45, 2.75) is 19.1 Å². The highest BCUT2D eigenvalue weighted by molar-refractivity contribution is 5.84. The van der Waals surface area contributed by atoms with Crippen LogP contribution in [0.4, 0.5) is 0 Å². The molecular weight excluding hydrogens is 256 g/mol. The van der Waals surface area contributed by atoms with E-state index in [9.17, 15) is 4.79 Å². The zero-order chi connectivity index (χ0) is 14.4. The predicted molar refractivity (Wildman–Crippen MR) is 77.4 cm³/mol. The summed E-state index contributed by atoms with van der Waals surface area (Å²) in [5.74, 6) is -0.00520. The molecule has 0 spiro atoms. The summed E-state index contributed by atoms with van der Waals surface area (Å²) >= 11 is 0. The van der Waals surface area contributed by atoms with Crippen LogP contribution in [0.3, 0.4) is 0 Å². The molecule has 0 bridgehead atoms. The fourth-order valence-electron chi connectivity index (χ4n) is 2.14. The van der Waals surface area contributed by atoms with E-state index in [-0.39, 0.29) is 5.91 Å². The number of aryl methyl sites for hydroxylation is 1. The topological polar surface area (TPSA) is 63.3 Å². The molecule has 0 saturated carbocycles. The second kappa shape index (κ2) is 7.07. The number of carbonyl (C=O) groups excluding carboxylic acids is 1. The van der Waals surface area contributed by atoms with Crippen LogP contribution in [0.1, 0.15) is 12.0 Å². The molecule has 1 aromatic carbocycles. The number of hydrogen-bond acceptors (Lipinski definition) is 3. The molecular formula is C15H20N2O3. The highest BCUT2D eigenvalue weighted by Gasteiger charge is 2.09. The lowest BCUT2D eigenvalue weighted by Gasteiger charge is -2.13. The lowest BCUT2D eigenvalue weighted by Crippen LogP contribution is -2.34. The minimum Gasteiger partial charge on any atom is -0.361 e. The molecule has 2 rings (SSSR count). The smallest absolute Gasteiger partial charge is 0.220 e. The zero-order valence-corrected chi connectivity index (χ0v) is 11.8. The number of aromatic nitrogens is 1. The molecule has 108 valence electrons. The van der Waals surface area contributed by atoms with E-state index in [4.69, 9.17) is 9.47 Å². The van der Waals surface area contributed by atoms with Gasteiger partial charge in [0.1, 0.15) is 0 Å². The molecule has 0 aliphatic rings. The van der Waals surface area contributed by atoms with Crippen LogP contribution in [0, 0.1) is 0 Å². The van der Waals surface area contributed by atoms with Crippen molar-refractivity contribution in [3.8, 4) is 0 Å². The monoisotopic (exact) mass is 276 g/mol. The van der Waals surface area contributed by atoms with Gasteiger partial charge in [-0.3, -0.25) is 4.79 Å². The van der Waals surface area contributed by atoms with Crippen molar-refractivity contribution in [3.05, 3.63) is 36.0 Å². The Morgan fingerprint density at radius 3 is 2.80 bits per heavy atom. The minimum atomic E-state index is -0.396. The number of methoxy groups -OCH3 is 2. The Bertz CT molecular complexity index is 561. The van der Waals surface area contributed by atoms with Crippen molar-refractivity contribution < 1.29 is 14.3 Å². The molecule has 0 radical (unpaired) electrons. The summed E-state index contributed by atoms with van der Waals surface area (Å²) in [5.41, 5.74) is 2.26. The third-order valence-electron chi connectivity index (χ3n) is 3.29. The van der Waals surface area contributed by atoms with Crippen LogP contribution in [0.2, 0.25) is 0 Å². The number of nitrogens with one attached hydrogen (secondary N) is 2. The molecule has 5 heteroatoms. The lowest BCUT2D eigenvalue weighted by atomic mass is 10.1. The highest BCUT2D eigenvalue weighted by Crippen LogP contribution is 2.18. The number of para-hydroxylation sites is 1. The molecule has 0 aliphatic heterocycles. The van der Waals surface area contributed by atoms with Crippen LogP contribution < -0.4 is 5.32 Å². The average Bonchev–Trinajstić information content (AvgIpc) is 2.89. The van der Waals surface area contributed by atoms with E-state index in [0.29, 0.717) is 19.4 Å². The van der Waals surface area contributed by atoms with Crippen LogP contribution in [-0.2, 0) is 20.7 Å². The molecule has 0 atom stereocenters. The maximum Gasteiger partial charge on any atom is 0.220 e. The summed E-state index contributed by atoms with van der Waals surface area (Å²) < 4.78 is 10.0. The maximum absolute atomic E-state index is 11.8. The first-order chi connectivity index (χ1) is 9.74. The summed E-state index contributed by atoms with van der Waals surface area (Å²) in [5, 5.41) is 3.97. The van der Waals surface area contributed by atoms with Gasteiger partial charge >= 0.3 is 0 Å². The van der Waals surface area contributed by atoms with Gasteiger partial charge in [-0.25, -0.2) is 0 Å². The van der Waals surface area contributed by atoms with Crippen LogP contribution in [0.5, 0.6) is 0 Å².